The van der Waals surface area contributed by atoms with Gasteiger partial charge in [-0.05, 0) is 54.1 Å². The van der Waals surface area contributed by atoms with Crippen LogP contribution in [0.2, 0.25) is 5.02 Å². The Kier molecular flexibility index (Phi) is 7.32. The second-order valence-electron chi connectivity index (χ2n) is 10.6. The van der Waals surface area contributed by atoms with Gasteiger partial charge in [-0.3, -0.25) is 9.47 Å². The van der Waals surface area contributed by atoms with Crippen LogP contribution in [0.1, 0.15) is 11.3 Å². The largest absolute Gasteiger partial charge is 0.383 e. The molecule has 216 valence electrons. The third-order valence-corrected chi connectivity index (χ3v) is 8.04. The normalized spacial score (nSPS) is 13.7. The van der Waals surface area contributed by atoms with Crippen LogP contribution in [-0.2, 0) is 6.54 Å². The number of hydrogen-bond donors (Lipinski definition) is 1. The summed E-state index contributed by atoms with van der Waals surface area (Å²) in [5.41, 5.74) is 12.8. The summed E-state index contributed by atoms with van der Waals surface area (Å²) in [6, 6.07) is 27.7. The first-order chi connectivity index (χ1) is 21.6. The van der Waals surface area contributed by atoms with E-state index in [9.17, 15) is 0 Å². The van der Waals surface area contributed by atoms with E-state index in [1.807, 2.05) is 53.1 Å². The fourth-order valence-electron chi connectivity index (χ4n) is 5.50. The zero-order chi connectivity index (χ0) is 30.0. The number of rotatable bonds is 6. The van der Waals surface area contributed by atoms with Crippen LogP contribution < -0.4 is 10.6 Å². The second-order valence-corrected chi connectivity index (χ2v) is 11.0. The molecule has 0 unspecified atom stereocenters. The lowest BCUT2D eigenvalue weighted by Crippen LogP contribution is -2.46. The van der Waals surface area contributed by atoms with Crippen LogP contribution in [0, 0.1) is 11.3 Å². The average molecular weight is 599 g/mol. The van der Waals surface area contributed by atoms with Crippen LogP contribution in [0.25, 0.3) is 39.5 Å². The Balaban J connectivity index is 1.17. The van der Waals surface area contributed by atoms with Gasteiger partial charge in [-0.25, -0.2) is 24.9 Å². The Morgan fingerprint density at radius 3 is 2.41 bits per heavy atom. The first-order valence-corrected chi connectivity index (χ1v) is 14.6. The predicted molar refractivity (Wildman–Crippen MR) is 171 cm³/mol. The number of imidazole rings is 1. The summed E-state index contributed by atoms with van der Waals surface area (Å²) in [6.07, 6.45) is 3.13. The highest BCUT2D eigenvalue weighted by molar-refractivity contribution is 6.30. The summed E-state index contributed by atoms with van der Waals surface area (Å²) in [4.78, 5) is 27.3. The highest BCUT2D eigenvalue weighted by Crippen LogP contribution is 2.32. The molecule has 44 heavy (non-hydrogen) atoms. The topological polar surface area (TPSA) is 126 Å². The molecule has 0 atom stereocenters. The van der Waals surface area contributed by atoms with Gasteiger partial charge < -0.3 is 10.6 Å². The summed E-state index contributed by atoms with van der Waals surface area (Å²) >= 11 is 6.13. The minimum absolute atomic E-state index is 0.383. The maximum Gasteiger partial charge on any atom is 0.165 e. The maximum atomic E-state index is 9.16. The fourth-order valence-corrected chi connectivity index (χ4v) is 5.62. The number of benzene rings is 2. The van der Waals surface area contributed by atoms with Gasteiger partial charge in [0.25, 0.3) is 0 Å². The van der Waals surface area contributed by atoms with Crippen molar-refractivity contribution < 1.29 is 0 Å². The van der Waals surface area contributed by atoms with Crippen molar-refractivity contribution in [1.29, 1.82) is 5.26 Å². The number of aromatic nitrogens is 6. The number of halogens is 1. The number of hydrogen-bond acceptors (Lipinski definition) is 9. The van der Waals surface area contributed by atoms with Gasteiger partial charge in [0.1, 0.15) is 35.2 Å². The summed E-state index contributed by atoms with van der Waals surface area (Å²) in [7, 11) is 0. The third kappa shape index (κ3) is 5.42. The van der Waals surface area contributed by atoms with Gasteiger partial charge in [0, 0.05) is 61.3 Å². The number of nitrogen functional groups attached to an aromatic ring is 1. The molecule has 10 nitrogen and oxygen atoms in total. The molecule has 0 aliphatic carbocycles. The molecule has 7 rings (SSSR count). The number of nitrogens with zero attached hydrogens (tertiary/aromatic N) is 9. The first kappa shape index (κ1) is 27.5. The van der Waals surface area contributed by atoms with Crippen molar-refractivity contribution in [3.8, 4) is 34.4 Å². The summed E-state index contributed by atoms with van der Waals surface area (Å²) in [6.45, 7) is 4.27. The van der Waals surface area contributed by atoms with Crippen molar-refractivity contribution in [2.24, 2.45) is 0 Å². The molecule has 0 bridgehead atoms. The van der Waals surface area contributed by atoms with Gasteiger partial charge in [-0.1, -0.05) is 35.9 Å². The van der Waals surface area contributed by atoms with Gasteiger partial charge in [0.05, 0.1) is 11.3 Å². The molecule has 0 radical (unpaired) electrons. The lowest BCUT2D eigenvalue weighted by atomic mass is 10.1. The summed E-state index contributed by atoms with van der Waals surface area (Å²) in [5.74, 6) is 1.88. The van der Waals surface area contributed by atoms with Crippen molar-refractivity contribution in [1.82, 2.24) is 34.4 Å². The quantitative estimate of drug-likeness (QED) is 0.269. The second kappa shape index (κ2) is 11.7. The molecule has 1 aliphatic heterocycles. The molecule has 4 aromatic heterocycles. The van der Waals surface area contributed by atoms with Crippen molar-refractivity contribution >= 4 is 34.4 Å². The smallest absolute Gasteiger partial charge is 0.165 e. The molecule has 2 aromatic carbocycles. The van der Waals surface area contributed by atoms with Crippen molar-refractivity contribution in [3.63, 3.8) is 0 Å². The van der Waals surface area contributed by atoms with Crippen LogP contribution in [-0.4, -0.2) is 60.6 Å². The molecular weight excluding hydrogens is 572 g/mol. The summed E-state index contributed by atoms with van der Waals surface area (Å²) in [5, 5.41) is 9.84. The van der Waals surface area contributed by atoms with E-state index in [2.05, 4.69) is 55.1 Å². The molecule has 1 aliphatic rings. The van der Waals surface area contributed by atoms with Gasteiger partial charge in [0.2, 0.25) is 0 Å². The fraction of sp³-hybridized carbons (Fsp3) is 0.152. The van der Waals surface area contributed by atoms with Crippen LogP contribution in [0.3, 0.4) is 0 Å². The molecule has 5 heterocycles. The number of nitriles is 1. The molecule has 11 heteroatoms. The van der Waals surface area contributed by atoms with Crippen LogP contribution in [0.15, 0.2) is 91.4 Å². The van der Waals surface area contributed by atoms with Crippen molar-refractivity contribution in [3.05, 3.63) is 108 Å². The standard InChI is InChI=1S/C33H27ClN10/c34-24-7-5-23(6-8-24)28-11-12-29-33(40-28)44(32(41-29)27-2-1-13-37-31(27)36)26-9-3-22(4-10-26)20-42-14-16-43(17-15-42)30-18-25(19-35)38-21-39-30/h1-13,18,21H,14-17,20H2,(H2,36,37). The van der Waals surface area contributed by atoms with Gasteiger partial charge in [-0.15, -0.1) is 0 Å². The molecule has 2 N–H and O–H groups in total. The van der Waals surface area contributed by atoms with Gasteiger partial charge in [0.15, 0.2) is 11.5 Å². The Bertz CT molecular complexity index is 1990. The minimum Gasteiger partial charge on any atom is -0.383 e. The number of pyridine rings is 2. The van der Waals surface area contributed by atoms with Crippen LogP contribution in [0.5, 0.6) is 0 Å². The van der Waals surface area contributed by atoms with Crippen molar-refractivity contribution in [2.75, 3.05) is 36.8 Å². The minimum atomic E-state index is 0.383. The lowest BCUT2D eigenvalue weighted by Gasteiger charge is -2.35. The van der Waals surface area contributed by atoms with Crippen molar-refractivity contribution in [2.45, 2.75) is 6.54 Å². The zero-order valence-electron chi connectivity index (χ0n) is 23.7. The van der Waals surface area contributed by atoms with E-state index < -0.39 is 0 Å². The number of piperazine rings is 1. The SMILES string of the molecule is N#Cc1cc(N2CCN(Cc3ccc(-n4c(-c5cccnc5N)nc5ccc(-c6ccc(Cl)cc6)nc54)cc3)CC2)ncn1. The Labute approximate surface area is 259 Å². The lowest BCUT2D eigenvalue weighted by molar-refractivity contribution is 0.249. The van der Waals surface area contributed by atoms with E-state index in [0.29, 0.717) is 22.4 Å². The highest BCUT2D eigenvalue weighted by Gasteiger charge is 2.21. The Morgan fingerprint density at radius 2 is 1.66 bits per heavy atom. The van der Waals surface area contributed by atoms with E-state index in [1.165, 1.54) is 11.9 Å². The molecule has 1 fully saturated rings. The third-order valence-electron chi connectivity index (χ3n) is 7.79. The first-order valence-electron chi connectivity index (χ1n) is 14.2. The Hall–Kier alpha value is -5.37. The maximum absolute atomic E-state index is 9.16. The number of anilines is 2. The Morgan fingerprint density at radius 1 is 0.864 bits per heavy atom. The van der Waals surface area contributed by atoms with Crippen LogP contribution >= 0.6 is 11.6 Å². The van der Waals surface area contributed by atoms with Crippen LogP contribution in [0.4, 0.5) is 11.6 Å². The van der Waals surface area contributed by atoms with Gasteiger partial charge in [-0.2, -0.15) is 5.26 Å². The van der Waals surface area contributed by atoms with E-state index in [4.69, 9.17) is 32.6 Å². The molecular formula is C33H27ClN10. The van der Waals surface area contributed by atoms with E-state index in [1.54, 1.807) is 12.3 Å². The highest BCUT2D eigenvalue weighted by atomic mass is 35.5. The molecule has 6 aromatic rings. The zero-order valence-corrected chi connectivity index (χ0v) is 24.4. The molecule has 0 spiro atoms. The monoisotopic (exact) mass is 598 g/mol. The molecule has 1 saturated heterocycles. The van der Waals surface area contributed by atoms with E-state index in [0.717, 1.165) is 72.2 Å². The van der Waals surface area contributed by atoms with E-state index in [-0.39, 0.29) is 0 Å². The van der Waals surface area contributed by atoms with Gasteiger partial charge >= 0.3 is 0 Å². The number of fused-ring (bicyclic) bond motifs is 1. The average Bonchev–Trinajstić information content (AvgIpc) is 3.44. The molecule has 0 saturated carbocycles. The predicted octanol–water partition coefficient (Wildman–Crippen LogP) is 5.37. The summed E-state index contributed by atoms with van der Waals surface area (Å²) < 4.78 is 2.04. The van der Waals surface area contributed by atoms with E-state index >= 15 is 0 Å². The number of nitrogens with two attached hydrogens (primary N) is 1. The molecule has 0 amide bonds.